The topological polar surface area (TPSA) is 56.7 Å². The van der Waals surface area contributed by atoms with Gasteiger partial charge in [-0.3, -0.25) is 0 Å². The molecule has 0 saturated heterocycles. The summed E-state index contributed by atoms with van der Waals surface area (Å²) in [4.78, 5) is 15.2. The second kappa shape index (κ2) is 10.5. The first-order valence-electron chi connectivity index (χ1n) is 16.0. The highest BCUT2D eigenvalue weighted by atomic mass is 16.3. The molecule has 0 aliphatic heterocycles. The van der Waals surface area contributed by atoms with Crippen LogP contribution in [0.25, 0.3) is 94.4 Å². The summed E-state index contributed by atoms with van der Waals surface area (Å²) in [6, 6.07) is 54.4. The molecule has 0 atom stereocenters. The molecule has 3 aromatic heterocycles. The zero-order valence-corrected chi connectivity index (χ0v) is 25.7. The van der Waals surface area contributed by atoms with Gasteiger partial charge in [-0.15, -0.1) is 0 Å². The molecule has 0 aliphatic carbocycles. The number of fused-ring (bicyclic) bond motifs is 7. The molecule has 0 unspecified atom stereocenters. The minimum absolute atomic E-state index is 0.600. The van der Waals surface area contributed by atoms with E-state index >= 15 is 0 Å². The predicted molar refractivity (Wildman–Crippen MR) is 195 cm³/mol. The molecule has 0 N–H and O–H groups in total. The molecular weight excluding hydrogens is 589 g/mol. The standard InChI is InChI=1S/C43H26N4O/c1-2-13-28(14-3-1)41-44-42(30-25-24-27-12-4-5-15-29(27)26-30)46-43(45-41)34-19-11-23-38-39(34)33-18-10-22-37(40(33)48-38)47-35-20-8-6-16-31(35)32-17-7-9-21-36(32)47/h1-26H. The Balaban J connectivity index is 1.23. The number of nitrogens with zero attached hydrogens (tertiary/aromatic N) is 4. The number of benzene rings is 7. The van der Waals surface area contributed by atoms with E-state index in [1.54, 1.807) is 0 Å². The maximum Gasteiger partial charge on any atom is 0.164 e. The van der Waals surface area contributed by atoms with Crippen molar-refractivity contribution in [3.63, 3.8) is 0 Å². The second-order valence-corrected chi connectivity index (χ2v) is 12.0. The van der Waals surface area contributed by atoms with Crippen LogP contribution in [0.2, 0.25) is 0 Å². The van der Waals surface area contributed by atoms with E-state index in [-0.39, 0.29) is 0 Å². The second-order valence-electron chi connectivity index (χ2n) is 12.0. The Hall–Kier alpha value is -6.59. The fourth-order valence-electron chi connectivity index (χ4n) is 7.05. The smallest absolute Gasteiger partial charge is 0.164 e. The Kier molecular flexibility index (Phi) is 5.81. The molecule has 5 nitrogen and oxygen atoms in total. The highest BCUT2D eigenvalue weighted by molar-refractivity contribution is 6.15. The van der Waals surface area contributed by atoms with E-state index in [0.717, 1.165) is 60.7 Å². The van der Waals surface area contributed by atoms with Crippen molar-refractivity contribution in [2.75, 3.05) is 0 Å². The zero-order chi connectivity index (χ0) is 31.6. The average molecular weight is 615 g/mol. The molecule has 0 bridgehead atoms. The number of aromatic nitrogens is 4. The summed E-state index contributed by atoms with van der Waals surface area (Å²) in [7, 11) is 0. The average Bonchev–Trinajstić information content (AvgIpc) is 3.71. The Bertz CT molecular complexity index is 2800. The highest BCUT2D eigenvalue weighted by Crippen LogP contribution is 2.41. The van der Waals surface area contributed by atoms with Gasteiger partial charge in [0.25, 0.3) is 0 Å². The predicted octanol–water partition coefficient (Wildman–Crippen LogP) is 11.0. The van der Waals surface area contributed by atoms with Gasteiger partial charge in [0.15, 0.2) is 23.1 Å². The summed E-state index contributed by atoms with van der Waals surface area (Å²) in [5, 5.41) is 6.72. The van der Waals surface area contributed by atoms with Gasteiger partial charge in [0, 0.05) is 38.2 Å². The van der Waals surface area contributed by atoms with Gasteiger partial charge in [0.1, 0.15) is 5.58 Å². The van der Waals surface area contributed by atoms with E-state index in [0.29, 0.717) is 17.5 Å². The van der Waals surface area contributed by atoms with Crippen molar-refractivity contribution in [1.29, 1.82) is 0 Å². The lowest BCUT2D eigenvalue weighted by Crippen LogP contribution is -2.00. The van der Waals surface area contributed by atoms with E-state index in [2.05, 4.69) is 120 Å². The van der Waals surface area contributed by atoms with Crippen molar-refractivity contribution in [3.05, 3.63) is 158 Å². The van der Waals surface area contributed by atoms with Crippen molar-refractivity contribution >= 4 is 54.5 Å². The molecule has 0 saturated carbocycles. The fourth-order valence-corrected chi connectivity index (χ4v) is 7.05. The van der Waals surface area contributed by atoms with Crippen LogP contribution in [0.15, 0.2) is 162 Å². The summed E-state index contributed by atoms with van der Waals surface area (Å²) in [6.45, 7) is 0. The van der Waals surface area contributed by atoms with E-state index in [9.17, 15) is 0 Å². The molecule has 0 radical (unpaired) electrons. The quantitative estimate of drug-likeness (QED) is 0.198. The van der Waals surface area contributed by atoms with Crippen LogP contribution >= 0.6 is 0 Å². The van der Waals surface area contributed by atoms with Crippen LogP contribution in [0.1, 0.15) is 0 Å². The Morgan fingerprint density at radius 2 is 1.06 bits per heavy atom. The third-order valence-corrected chi connectivity index (χ3v) is 9.24. The molecule has 0 amide bonds. The fraction of sp³-hybridized carbons (Fsp3) is 0. The third kappa shape index (κ3) is 4.08. The molecule has 224 valence electrons. The molecule has 0 aliphatic rings. The number of hydrogen-bond acceptors (Lipinski definition) is 4. The van der Waals surface area contributed by atoms with Gasteiger partial charge in [-0.05, 0) is 41.1 Å². The maximum atomic E-state index is 6.75. The van der Waals surface area contributed by atoms with Gasteiger partial charge in [0.2, 0.25) is 0 Å². The number of furan rings is 1. The van der Waals surface area contributed by atoms with Gasteiger partial charge in [0.05, 0.1) is 16.7 Å². The zero-order valence-electron chi connectivity index (χ0n) is 25.7. The lowest BCUT2D eigenvalue weighted by atomic mass is 10.0. The molecule has 48 heavy (non-hydrogen) atoms. The Morgan fingerprint density at radius 3 is 1.85 bits per heavy atom. The molecule has 0 fully saturated rings. The van der Waals surface area contributed by atoms with E-state index in [4.69, 9.17) is 19.4 Å². The monoisotopic (exact) mass is 614 g/mol. The maximum absolute atomic E-state index is 6.75. The lowest BCUT2D eigenvalue weighted by molar-refractivity contribution is 0.666. The molecule has 3 heterocycles. The van der Waals surface area contributed by atoms with E-state index in [1.165, 1.54) is 16.2 Å². The van der Waals surface area contributed by atoms with Gasteiger partial charge in [-0.1, -0.05) is 127 Å². The largest absolute Gasteiger partial charge is 0.454 e. The van der Waals surface area contributed by atoms with Crippen LogP contribution in [0.5, 0.6) is 0 Å². The van der Waals surface area contributed by atoms with Crippen molar-refractivity contribution in [2.45, 2.75) is 0 Å². The third-order valence-electron chi connectivity index (χ3n) is 9.24. The Labute approximate surface area is 275 Å². The summed E-state index contributed by atoms with van der Waals surface area (Å²) in [5.74, 6) is 1.85. The van der Waals surface area contributed by atoms with Crippen LogP contribution < -0.4 is 0 Å². The van der Waals surface area contributed by atoms with E-state index in [1.807, 2.05) is 42.5 Å². The van der Waals surface area contributed by atoms with Crippen molar-refractivity contribution in [3.8, 4) is 39.9 Å². The van der Waals surface area contributed by atoms with Gasteiger partial charge in [-0.25, -0.2) is 15.0 Å². The highest BCUT2D eigenvalue weighted by Gasteiger charge is 2.21. The number of hydrogen-bond donors (Lipinski definition) is 0. The minimum atomic E-state index is 0.600. The first-order valence-corrected chi connectivity index (χ1v) is 16.0. The van der Waals surface area contributed by atoms with Crippen molar-refractivity contribution in [1.82, 2.24) is 19.5 Å². The van der Waals surface area contributed by atoms with Gasteiger partial charge >= 0.3 is 0 Å². The summed E-state index contributed by atoms with van der Waals surface area (Å²) < 4.78 is 9.06. The van der Waals surface area contributed by atoms with Gasteiger partial charge < -0.3 is 8.98 Å². The molecule has 7 aromatic carbocycles. The summed E-state index contributed by atoms with van der Waals surface area (Å²) in [6.07, 6.45) is 0. The van der Waals surface area contributed by atoms with Crippen molar-refractivity contribution < 1.29 is 4.42 Å². The van der Waals surface area contributed by atoms with E-state index < -0.39 is 0 Å². The van der Waals surface area contributed by atoms with Crippen LogP contribution in [0.3, 0.4) is 0 Å². The molecule has 10 rings (SSSR count). The Morgan fingerprint density at radius 1 is 0.438 bits per heavy atom. The molecule has 10 aromatic rings. The minimum Gasteiger partial charge on any atom is -0.454 e. The van der Waals surface area contributed by atoms with Crippen molar-refractivity contribution in [2.24, 2.45) is 0 Å². The first-order chi connectivity index (χ1) is 23.8. The number of rotatable bonds is 4. The van der Waals surface area contributed by atoms with Gasteiger partial charge in [-0.2, -0.15) is 0 Å². The molecule has 5 heteroatoms. The molecule has 0 spiro atoms. The lowest BCUT2D eigenvalue weighted by Gasteiger charge is -2.10. The van der Waals surface area contributed by atoms with Crippen LogP contribution in [-0.4, -0.2) is 19.5 Å². The molecular formula is C43H26N4O. The first kappa shape index (κ1) is 26.6. The SMILES string of the molecule is c1ccc(-c2nc(-c3ccc4ccccc4c3)nc(-c3cccc4oc5c(-n6c7ccccc7c7ccccc76)cccc5c34)n2)cc1. The summed E-state index contributed by atoms with van der Waals surface area (Å²) in [5.41, 5.74) is 7.63. The number of para-hydroxylation sites is 3. The normalized spacial score (nSPS) is 11.8. The van der Waals surface area contributed by atoms with Crippen LogP contribution in [-0.2, 0) is 0 Å². The summed E-state index contributed by atoms with van der Waals surface area (Å²) >= 11 is 0. The van der Waals surface area contributed by atoms with Crippen LogP contribution in [0, 0.1) is 0 Å². The van der Waals surface area contributed by atoms with Crippen LogP contribution in [0.4, 0.5) is 0 Å².